The van der Waals surface area contributed by atoms with E-state index in [0.29, 0.717) is 0 Å². The third kappa shape index (κ3) is 6.89. The van der Waals surface area contributed by atoms with Gasteiger partial charge in [0.05, 0.1) is 6.61 Å². The zero-order valence-electron chi connectivity index (χ0n) is 10.8. The molecule has 1 aliphatic rings. The van der Waals surface area contributed by atoms with Gasteiger partial charge in [0.25, 0.3) is 0 Å². The minimum Gasteiger partial charge on any atom is -0.493 e. The molecular formula is C14H23BrO. The first-order valence-electron chi connectivity index (χ1n) is 6.23. The zero-order valence-corrected chi connectivity index (χ0v) is 12.4. The van der Waals surface area contributed by atoms with E-state index >= 15 is 0 Å². The van der Waals surface area contributed by atoms with Crippen LogP contribution in [0.5, 0.6) is 5.75 Å². The van der Waals surface area contributed by atoms with Gasteiger partial charge in [-0.25, -0.2) is 0 Å². The van der Waals surface area contributed by atoms with E-state index in [9.17, 15) is 0 Å². The van der Waals surface area contributed by atoms with Crippen molar-refractivity contribution in [2.24, 2.45) is 5.92 Å². The summed E-state index contributed by atoms with van der Waals surface area (Å²) >= 11 is 3.40. The molecule has 1 fully saturated rings. The van der Waals surface area contributed by atoms with E-state index < -0.39 is 0 Å². The van der Waals surface area contributed by atoms with Crippen molar-refractivity contribution in [3.8, 4) is 5.75 Å². The van der Waals surface area contributed by atoms with Crippen molar-refractivity contribution in [3.05, 3.63) is 28.7 Å². The van der Waals surface area contributed by atoms with Crippen molar-refractivity contribution >= 4 is 15.9 Å². The lowest BCUT2D eigenvalue weighted by Gasteiger charge is -2.04. The molecule has 1 saturated carbocycles. The Hall–Kier alpha value is -0.500. The maximum Gasteiger partial charge on any atom is 0.120 e. The minimum atomic E-state index is 0.823. The van der Waals surface area contributed by atoms with Gasteiger partial charge in [-0.3, -0.25) is 0 Å². The van der Waals surface area contributed by atoms with Gasteiger partial charge in [-0.05, 0) is 37.0 Å². The maximum atomic E-state index is 5.58. The lowest BCUT2D eigenvalue weighted by Crippen LogP contribution is -1.98. The highest BCUT2D eigenvalue weighted by atomic mass is 79.9. The number of rotatable bonds is 3. The van der Waals surface area contributed by atoms with Crippen LogP contribution in [0.3, 0.4) is 0 Å². The molecule has 1 aliphatic carbocycles. The van der Waals surface area contributed by atoms with Crippen molar-refractivity contribution in [1.82, 2.24) is 0 Å². The summed E-state index contributed by atoms with van der Waals surface area (Å²) in [5.74, 6) is 1.79. The Morgan fingerprint density at radius 3 is 2.31 bits per heavy atom. The third-order valence-electron chi connectivity index (χ3n) is 1.98. The molecule has 0 N–H and O–H groups in total. The minimum absolute atomic E-state index is 0.823. The molecule has 1 nitrogen and oxygen atoms in total. The van der Waals surface area contributed by atoms with Crippen LogP contribution in [0.25, 0.3) is 0 Å². The van der Waals surface area contributed by atoms with Crippen LogP contribution in [-0.2, 0) is 0 Å². The van der Waals surface area contributed by atoms with Crippen LogP contribution in [0, 0.1) is 5.92 Å². The Kier molecular flexibility index (Phi) is 9.40. The van der Waals surface area contributed by atoms with E-state index in [0.717, 1.165) is 22.7 Å². The summed E-state index contributed by atoms with van der Waals surface area (Å²) in [7, 11) is 0. The van der Waals surface area contributed by atoms with E-state index in [1.807, 2.05) is 52.0 Å². The molecule has 1 aromatic rings. The molecule has 0 atom stereocenters. The standard InChI is InChI=1S/C10H11BrO.2C2H6/c11-9-2-1-3-10(6-9)12-7-8-4-5-8;2*1-2/h1-3,6,8H,4-5,7H2;2*1-2H3. The van der Waals surface area contributed by atoms with Gasteiger partial charge in [0.15, 0.2) is 0 Å². The molecule has 0 spiro atoms. The summed E-state index contributed by atoms with van der Waals surface area (Å²) in [5.41, 5.74) is 0. The summed E-state index contributed by atoms with van der Waals surface area (Å²) in [6.45, 7) is 8.89. The van der Waals surface area contributed by atoms with Crippen molar-refractivity contribution < 1.29 is 4.74 Å². The maximum absolute atomic E-state index is 5.58. The van der Waals surface area contributed by atoms with Crippen LogP contribution < -0.4 is 4.74 Å². The van der Waals surface area contributed by atoms with E-state index in [2.05, 4.69) is 15.9 Å². The van der Waals surface area contributed by atoms with E-state index in [1.165, 1.54) is 12.8 Å². The van der Waals surface area contributed by atoms with Gasteiger partial charge in [-0.1, -0.05) is 49.7 Å². The molecule has 0 saturated heterocycles. The Morgan fingerprint density at radius 2 is 1.81 bits per heavy atom. The van der Waals surface area contributed by atoms with Crippen molar-refractivity contribution in [2.45, 2.75) is 40.5 Å². The first-order valence-corrected chi connectivity index (χ1v) is 7.02. The van der Waals surface area contributed by atoms with Gasteiger partial charge in [-0.2, -0.15) is 0 Å². The molecule has 0 amide bonds. The van der Waals surface area contributed by atoms with Crippen LogP contribution in [0.15, 0.2) is 28.7 Å². The van der Waals surface area contributed by atoms with Crippen molar-refractivity contribution in [3.63, 3.8) is 0 Å². The molecule has 2 heteroatoms. The smallest absolute Gasteiger partial charge is 0.120 e. The first kappa shape index (κ1) is 15.5. The second-order valence-corrected chi connectivity index (χ2v) is 4.13. The summed E-state index contributed by atoms with van der Waals surface area (Å²) in [6, 6.07) is 7.99. The fourth-order valence-electron chi connectivity index (χ4n) is 1.06. The second kappa shape index (κ2) is 9.71. The molecule has 1 aromatic carbocycles. The van der Waals surface area contributed by atoms with Gasteiger partial charge in [0.1, 0.15) is 5.75 Å². The molecule has 0 bridgehead atoms. The number of hydrogen-bond donors (Lipinski definition) is 0. The van der Waals surface area contributed by atoms with Gasteiger partial charge >= 0.3 is 0 Å². The van der Waals surface area contributed by atoms with Crippen LogP contribution in [-0.4, -0.2) is 6.61 Å². The Bertz CT molecular complexity index is 269. The summed E-state index contributed by atoms with van der Waals surface area (Å²) in [4.78, 5) is 0. The SMILES string of the molecule is Brc1cccc(OCC2CC2)c1.CC.CC. The average Bonchev–Trinajstić information content (AvgIpc) is 3.16. The Morgan fingerprint density at radius 1 is 1.19 bits per heavy atom. The van der Waals surface area contributed by atoms with Gasteiger partial charge in [-0.15, -0.1) is 0 Å². The summed E-state index contributed by atoms with van der Waals surface area (Å²) in [5, 5.41) is 0. The van der Waals surface area contributed by atoms with E-state index in [4.69, 9.17) is 4.74 Å². The van der Waals surface area contributed by atoms with Crippen LogP contribution in [0.1, 0.15) is 40.5 Å². The van der Waals surface area contributed by atoms with Gasteiger partial charge < -0.3 is 4.74 Å². The quantitative estimate of drug-likeness (QED) is 0.734. The zero-order chi connectivity index (χ0) is 12.4. The third-order valence-corrected chi connectivity index (χ3v) is 2.47. The largest absolute Gasteiger partial charge is 0.493 e. The second-order valence-electron chi connectivity index (χ2n) is 3.21. The lowest BCUT2D eigenvalue weighted by molar-refractivity contribution is 0.299. The Labute approximate surface area is 108 Å². The molecule has 0 radical (unpaired) electrons. The fourth-order valence-corrected chi connectivity index (χ4v) is 1.43. The van der Waals surface area contributed by atoms with Crippen molar-refractivity contribution in [1.29, 1.82) is 0 Å². The molecule has 2 rings (SSSR count). The highest BCUT2D eigenvalue weighted by Crippen LogP contribution is 2.29. The average molecular weight is 287 g/mol. The number of ether oxygens (including phenoxy) is 1. The predicted octanol–water partition coefficient (Wildman–Crippen LogP) is 5.29. The number of benzene rings is 1. The first-order chi connectivity index (χ1) is 7.84. The molecule has 0 aliphatic heterocycles. The van der Waals surface area contributed by atoms with Gasteiger partial charge in [0, 0.05) is 4.47 Å². The van der Waals surface area contributed by atoms with E-state index in [-0.39, 0.29) is 0 Å². The predicted molar refractivity (Wildman–Crippen MR) is 75.1 cm³/mol. The van der Waals surface area contributed by atoms with E-state index in [1.54, 1.807) is 0 Å². The molecule has 0 unspecified atom stereocenters. The van der Waals surface area contributed by atoms with Crippen molar-refractivity contribution in [2.75, 3.05) is 6.61 Å². The molecule has 92 valence electrons. The highest BCUT2D eigenvalue weighted by Gasteiger charge is 2.21. The Balaban J connectivity index is 0.000000509. The number of hydrogen-bond acceptors (Lipinski definition) is 1. The van der Waals surface area contributed by atoms with Crippen LogP contribution in [0.4, 0.5) is 0 Å². The highest BCUT2D eigenvalue weighted by molar-refractivity contribution is 9.10. The summed E-state index contributed by atoms with van der Waals surface area (Å²) in [6.07, 6.45) is 2.68. The molecule has 0 heterocycles. The number of halogens is 1. The normalized spacial score (nSPS) is 12.8. The fraction of sp³-hybridized carbons (Fsp3) is 0.571. The van der Waals surface area contributed by atoms with Crippen LogP contribution in [0.2, 0.25) is 0 Å². The molecule has 16 heavy (non-hydrogen) atoms. The van der Waals surface area contributed by atoms with Gasteiger partial charge in [0.2, 0.25) is 0 Å². The lowest BCUT2D eigenvalue weighted by atomic mass is 10.3. The topological polar surface area (TPSA) is 9.23 Å². The monoisotopic (exact) mass is 286 g/mol. The summed E-state index contributed by atoms with van der Waals surface area (Å²) < 4.78 is 6.66. The van der Waals surface area contributed by atoms with Crippen LogP contribution >= 0.6 is 15.9 Å². The molecule has 0 aromatic heterocycles. The molecular weight excluding hydrogens is 264 g/mol.